The Bertz CT molecular complexity index is 2840. The fourth-order valence-electron chi connectivity index (χ4n) is 7.81. The van der Waals surface area contributed by atoms with Crippen LogP contribution in [0.2, 0.25) is 5.28 Å². The minimum absolute atomic E-state index is 0.157. The number of aromatic nitrogens is 4. The van der Waals surface area contributed by atoms with Crippen LogP contribution in [-0.4, -0.2) is 37.8 Å². The first-order chi connectivity index (χ1) is 26.2. The summed E-state index contributed by atoms with van der Waals surface area (Å²) in [5.74, 6) is 1.06. The van der Waals surface area contributed by atoms with Crippen LogP contribution in [0.1, 0.15) is 26.3 Å². The van der Waals surface area contributed by atoms with E-state index in [0.717, 1.165) is 49.8 Å². The summed E-state index contributed by atoms with van der Waals surface area (Å²) in [6, 6.07) is 47.8. The van der Waals surface area contributed by atoms with Crippen molar-refractivity contribution in [2.45, 2.75) is 38.4 Å². The van der Waals surface area contributed by atoms with Crippen LogP contribution in [0.4, 0.5) is 0 Å². The first kappa shape index (κ1) is 32.8. The molecule has 262 valence electrons. The van der Waals surface area contributed by atoms with Gasteiger partial charge in [0.2, 0.25) is 5.28 Å². The van der Waals surface area contributed by atoms with Gasteiger partial charge in [0, 0.05) is 44.8 Å². The molecule has 1 saturated heterocycles. The molecular formula is C45H34BClN4O3. The largest absolute Gasteiger partial charge is 0.494 e. The highest BCUT2D eigenvalue weighted by molar-refractivity contribution is 6.62. The van der Waals surface area contributed by atoms with E-state index in [-0.39, 0.29) is 5.28 Å². The maximum atomic E-state index is 6.80. The van der Waals surface area contributed by atoms with Crippen molar-refractivity contribution in [2.24, 2.45) is 0 Å². The molecule has 0 saturated carbocycles. The van der Waals surface area contributed by atoms with Crippen molar-refractivity contribution in [3.8, 4) is 28.5 Å². The van der Waals surface area contributed by atoms with Gasteiger partial charge in [-0.2, -0.15) is 9.97 Å². The summed E-state index contributed by atoms with van der Waals surface area (Å²) < 4.78 is 22.2. The predicted octanol–water partition coefficient (Wildman–Crippen LogP) is 10.4. The van der Waals surface area contributed by atoms with E-state index in [1.165, 1.54) is 21.8 Å². The number of rotatable bonds is 6. The molecule has 1 fully saturated rings. The fourth-order valence-corrected chi connectivity index (χ4v) is 7.97. The van der Waals surface area contributed by atoms with Crippen molar-refractivity contribution in [1.82, 2.24) is 19.5 Å². The maximum absolute atomic E-state index is 6.80. The van der Waals surface area contributed by atoms with Crippen LogP contribution in [0, 0.1) is 0 Å². The Labute approximate surface area is 317 Å². The van der Waals surface area contributed by atoms with E-state index < -0.39 is 18.3 Å². The Balaban J connectivity index is 0.921. The predicted molar refractivity (Wildman–Crippen MR) is 218 cm³/mol. The monoisotopic (exact) mass is 724 g/mol. The van der Waals surface area contributed by atoms with Crippen LogP contribution < -0.4 is 5.46 Å². The number of benzene rings is 6. The normalized spacial score (nSPS) is 17.0. The average molecular weight is 725 g/mol. The van der Waals surface area contributed by atoms with E-state index in [4.69, 9.17) is 30.3 Å². The number of fused-ring (bicyclic) bond motifs is 6. The van der Waals surface area contributed by atoms with Crippen molar-refractivity contribution in [2.75, 3.05) is 0 Å². The van der Waals surface area contributed by atoms with Crippen LogP contribution in [-0.2, 0) is 15.7 Å². The molecule has 1 unspecified atom stereocenters. The van der Waals surface area contributed by atoms with Gasteiger partial charge >= 0.3 is 7.12 Å². The van der Waals surface area contributed by atoms with Gasteiger partial charge < -0.3 is 18.3 Å². The Kier molecular flexibility index (Phi) is 7.53. The molecule has 4 heterocycles. The molecule has 6 aromatic carbocycles. The van der Waals surface area contributed by atoms with Crippen LogP contribution in [0.15, 0.2) is 144 Å². The summed E-state index contributed by atoms with van der Waals surface area (Å²) in [4.78, 5) is 13.4. The van der Waals surface area contributed by atoms with Gasteiger partial charge in [0.05, 0.1) is 22.2 Å². The summed E-state index contributed by atoms with van der Waals surface area (Å²) in [6.45, 7) is 6.30. The minimum Gasteiger partial charge on any atom is -0.456 e. The smallest absolute Gasteiger partial charge is 0.456 e. The Morgan fingerprint density at radius 1 is 0.593 bits per heavy atom. The van der Waals surface area contributed by atoms with Gasteiger partial charge in [0.25, 0.3) is 0 Å². The first-order valence-electron chi connectivity index (χ1n) is 18.1. The SMILES string of the molecule is CC1(C)OB(c2ccc3c(c2)oc2ccc(-n4c5ccccc5c5ccccc54)cc23)OC1(C)Cc1ccc(-c2nc(Cl)nc(-c3ccccc3)n2)cc1. The lowest BCUT2D eigenvalue weighted by Crippen LogP contribution is -2.46. The summed E-state index contributed by atoms with van der Waals surface area (Å²) in [5.41, 5.74) is 7.64. The molecular weight excluding hydrogens is 691 g/mol. The van der Waals surface area contributed by atoms with Crippen molar-refractivity contribution in [3.05, 3.63) is 150 Å². The second-order valence-electron chi connectivity index (χ2n) is 14.7. The number of nitrogens with zero attached hydrogens (tertiary/aromatic N) is 4. The minimum atomic E-state index is -0.615. The summed E-state index contributed by atoms with van der Waals surface area (Å²) in [5, 5.41) is 4.74. The molecule has 0 N–H and O–H groups in total. The third-order valence-electron chi connectivity index (χ3n) is 11.0. The first-order valence-corrected chi connectivity index (χ1v) is 18.5. The van der Waals surface area contributed by atoms with Gasteiger partial charge in [-0.25, -0.2) is 4.98 Å². The number of furan rings is 1. The summed E-state index contributed by atoms with van der Waals surface area (Å²) in [7, 11) is -0.557. The van der Waals surface area contributed by atoms with E-state index in [2.05, 4.69) is 132 Å². The van der Waals surface area contributed by atoms with Crippen LogP contribution in [0.5, 0.6) is 0 Å². The molecule has 3 aromatic heterocycles. The lowest BCUT2D eigenvalue weighted by molar-refractivity contribution is -0.00876. The summed E-state index contributed by atoms with van der Waals surface area (Å²) >= 11 is 6.32. The Morgan fingerprint density at radius 2 is 1.24 bits per heavy atom. The highest BCUT2D eigenvalue weighted by Crippen LogP contribution is 2.41. The number of halogens is 1. The standard InChI is InChI=1S/C45H34BClN4O3/c1-44(2)45(3,27-28-17-19-30(20-18-28)42-48-41(49-43(47)50-42)29-11-5-4-6-12-29)54-46(53-44)31-21-23-35-36-26-32(22-24-39(36)52-40(35)25-31)51-37-15-9-7-13-33(37)34-14-8-10-16-38(34)51/h4-26H,27H2,1-3H3. The number of para-hydroxylation sites is 2. The molecule has 1 atom stereocenters. The Hall–Kier alpha value is -5.80. The zero-order chi connectivity index (χ0) is 36.6. The molecule has 9 heteroatoms. The van der Waals surface area contributed by atoms with Crippen LogP contribution >= 0.6 is 11.6 Å². The highest BCUT2D eigenvalue weighted by atomic mass is 35.5. The van der Waals surface area contributed by atoms with E-state index in [1.807, 2.05) is 42.5 Å². The zero-order valence-corrected chi connectivity index (χ0v) is 30.7. The van der Waals surface area contributed by atoms with Gasteiger partial charge in [0.15, 0.2) is 11.6 Å². The van der Waals surface area contributed by atoms with E-state index >= 15 is 0 Å². The van der Waals surface area contributed by atoms with Crippen LogP contribution in [0.25, 0.3) is 72.2 Å². The summed E-state index contributed by atoms with van der Waals surface area (Å²) in [6.07, 6.45) is 0.641. The maximum Gasteiger partial charge on any atom is 0.494 e. The lowest BCUT2D eigenvalue weighted by atomic mass is 9.78. The lowest BCUT2D eigenvalue weighted by Gasteiger charge is -2.36. The van der Waals surface area contributed by atoms with Gasteiger partial charge in [0.1, 0.15) is 11.2 Å². The van der Waals surface area contributed by atoms with Crippen LogP contribution in [0.3, 0.4) is 0 Å². The average Bonchev–Trinajstić information content (AvgIpc) is 3.80. The fraction of sp³-hybridized carbons (Fsp3) is 0.133. The van der Waals surface area contributed by atoms with Gasteiger partial charge in [-0.3, -0.25) is 0 Å². The van der Waals surface area contributed by atoms with Crippen molar-refractivity contribution >= 4 is 67.9 Å². The van der Waals surface area contributed by atoms with E-state index in [9.17, 15) is 0 Å². The molecule has 7 nitrogen and oxygen atoms in total. The number of hydrogen-bond donors (Lipinski definition) is 0. The molecule has 0 bridgehead atoms. The molecule has 1 aliphatic heterocycles. The van der Waals surface area contributed by atoms with Gasteiger partial charge in [-0.1, -0.05) is 103 Å². The molecule has 0 amide bonds. The molecule has 54 heavy (non-hydrogen) atoms. The second kappa shape index (κ2) is 12.4. The number of hydrogen-bond acceptors (Lipinski definition) is 6. The molecule has 0 spiro atoms. The highest BCUT2D eigenvalue weighted by Gasteiger charge is 2.54. The van der Waals surface area contributed by atoms with E-state index in [0.29, 0.717) is 18.1 Å². The third kappa shape index (κ3) is 5.40. The van der Waals surface area contributed by atoms with Crippen molar-refractivity contribution < 1.29 is 13.7 Å². The van der Waals surface area contributed by atoms with Crippen molar-refractivity contribution in [1.29, 1.82) is 0 Å². The zero-order valence-electron chi connectivity index (χ0n) is 30.0. The second-order valence-corrected chi connectivity index (χ2v) is 15.0. The Morgan fingerprint density at radius 3 is 1.94 bits per heavy atom. The van der Waals surface area contributed by atoms with Gasteiger partial charge in [-0.05, 0) is 79.8 Å². The quantitative estimate of drug-likeness (QED) is 0.159. The molecule has 1 aliphatic rings. The molecule has 0 aliphatic carbocycles. The molecule has 9 aromatic rings. The topological polar surface area (TPSA) is 75.2 Å². The molecule has 0 radical (unpaired) electrons. The third-order valence-corrected chi connectivity index (χ3v) is 11.2. The molecule has 10 rings (SSSR count). The van der Waals surface area contributed by atoms with Gasteiger partial charge in [-0.15, -0.1) is 0 Å². The van der Waals surface area contributed by atoms with Crippen molar-refractivity contribution in [3.63, 3.8) is 0 Å². The van der Waals surface area contributed by atoms with E-state index in [1.54, 1.807) is 0 Å².